The predicted molar refractivity (Wildman–Crippen MR) is 142 cm³/mol. The molecule has 0 aliphatic heterocycles. The first kappa shape index (κ1) is 24.0. The number of anilines is 1. The van der Waals surface area contributed by atoms with Crippen LogP contribution in [0, 0.1) is 5.82 Å². The second kappa shape index (κ2) is 9.51. The topological polar surface area (TPSA) is 99.2 Å². The summed E-state index contributed by atoms with van der Waals surface area (Å²) < 4.78 is 22.8. The van der Waals surface area contributed by atoms with Gasteiger partial charge in [0.05, 0.1) is 24.5 Å². The number of benzene rings is 1. The van der Waals surface area contributed by atoms with Crippen LogP contribution in [0.15, 0.2) is 48.9 Å². The lowest BCUT2D eigenvalue weighted by atomic mass is 9.91. The first-order valence-electron chi connectivity index (χ1n) is 12.9. The molecule has 1 aromatic carbocycles. The number of rotatable bonds is 5. The van der Waals surface area contributed by atoms with Crippen LogP contribution in [0.5, 0.6) is 0 Å². The smallest absolute Gasteiger partial charge is 0.418 e. The third-order valence-corrected chi connectivity index (χ3v) is 7.03. The highest BCUT2D eigenvalue weighted by molar-refractivity contribution is 5.94. The molecule has 194 valence electrons. The van der Waals surface area contributed by atoms with E-state index in [1.54, 1.807) is 21.5 Å². The Bertz CT molecular complexity index is 1670. The molecule has 0 unspecified atom stereocenters. The third-order valence-electron chi connectivity index (χ3n) is 7.03. The van der Waals surface area contributed by atoms with Crippen LogP contribution in [0.25, 0.3) is 27.9 Å². The number of hydrogen-bond donors (Lipinski definition) is 1. The normalized spacial score (nSPS) is 15.2. The third kappa shape index (κ3) is 4.06. The lowest BCUT2D eigenvalue weighted by Gasteiger charge is -2.25. The molecule has 0 saturated carbocycles. The van der Waals surface area contributed by atoms with E-state index in [9.17, 15) is 9.18 Å². The zero-order valence-corrected chi connectivity index (χ0v) is 21.5. The summed E-state index contributed by atoms with van der Waals surface area (Å²) in [5.41, 5.74) is 5.12. The molecule has 4 aromatic heterocycles. The first-order valence-corrected chi connectivity index (χ1v) is 12.9. The van der Waals surface area contributed by atoms with E-state index in [1.807, 2.05) is 31.2 Å². The van der Waals surface area contributed by atoms with Crippen LogP contribution in [0.2, 0.25) is 0 Å². The van der Waals surface area contributed by atoms with E-state index in [4.69, 9.17) is 14.7 Å². The monoisotopic (exact) mass is 513 g/mol. The number of nitrogens with zero attached hydrogens (tertiary/aromatic N) is 6. The van der Waals surface area contributed by atoms with Crippen LogP contribution in [-0.4, -0.2) is 47.9 Å². The Balaban J connectivity index is 1.40. The number of fused-ring (bicyclic) bond motifs is 4. The van der Waals surface area contributed by atoms with Crippen molar-refractivity contribution in [2.45, 2.75) is 52.0 Å². The van der Waals surface area contributed by atoms with Gasteiger partial charge in [0.2, 0.25) is 5.95 Å². The average Bonchev–Trinajstić information content (AvgIpc) is 3.48. The molecular formula is C28H28FN7O2. The molecule has 1 aliphatic rings. The summed E-state index contributed by atoms with van der Waals surface area (Å²) in [6.07, 6.45) is 6.35. The maximum absolute atomic E-state index is 14.0. The number of nitrogens with one attached hydrogen (secondary N) is 1. The molecule has 6 rings (SSSR count). The number of carbonyl (C=O) groups excluding carboxylic acids is 1. The van der Waals surface area contributed by atoms with Gasteiger partial charge in [-0.15, -0.1) is 0 Å². The van der Waals surface area contributed by atoms with Crippen molar-refractivity contribution in [2.75, 3.05) is 11.9 Å². The number of ether oxygens (including phenoxy) is 1. The minimum absolute atomic E-state index is 0.0345. The largest absolute Gasteiger partial charge is 0.449 e. The first-order chi connectivity index (χ1) is 18.4. The Hall–Kier alpha value is -4.34. The minimum Gasteiger partial charge on any atom is -0.449 e. The van der Waals surface area contributed by atoms with Gasteiger partial charge in [0, 0.05) is 34.4 Å². The molecule has 4 heterocycles. The minimum atomic E-state index is -0.448. The number of halogens is 1. The number of pyridine rings is 1. The second-order valence-electron chi connectivity index (χ2n) is 9.81. The molecule has 10 heteroatoms. The van der Waals surface area contributed by atoms with Crippen molar-refractivity contribution in [1.29, 1.82) is 0 Å². The fourth-order valence-corrected chi connectivity index (χ4v) is 5.27. The van der Waals surface area contributed by atoms with Gasteiger partial charge in [-0.05, 0) is 49.8 Å². The summed E-state index contributed by atoms with van der Waals surface area (Å²) in [7, 11) is 0. The Kier molecular flexibility index (Phi) is 6.01. The van der Waals surface area contributed by atoms with Gasteiger partial charge in [-0.1, -0.05) is 32.0 Å². The van der Waals surface area contributed by atoms with E-state index < -0.39 is 5.82 Å². The van der Waals surface area contributed by atoms with Gasteiger partial charge in [0.25, 0.3) is 0 Å². The van der Waals surface area contributed by atoms with Crippen molar-refractivity contribution in [3.05, 3.63) is 71.6 Å². The van der Waals surface area contributed by atoms with E-state index in [2.05, 4.69) is 29.2 Å². The maximum atomic E-state index is 14.0. The maximum Gasteiger partial charge on any atom is 0.418 e. The molecule has 1 aliphatic carbocycles. The molecule has 0 saturated heterocycles. The highest BCUT2D eigenvalue weighted by atomic mass is 19.1. The van der Waals surface area contributed by atoms with Crippen molar-refractivity contribution in [1.82, 2.24) is 29.1 Å². The molecule has 9 nitrogen and oxygen atoms in total. The molecule has 38 heavy (non-hydrogen) atoms. The van der Waals surface area contributed by atoms with Crippen LogP contribution < -0.4 is 5.32 Å². The summed E-state index contributed by atoms with van der Waals surface area (Å²) in [6, 6.07) is 9.34. The zero-order valence-electron chi connectivity index (χ0n) is 21.5. The Labute approximate surface area is 218 Å². The van der Waals surface area contributed by atoms with Gasteiger partial charge in [0.1, 0.15) is 5.82 Å². The second-order valence-corrected chi connectivity index (χ2v) is 9.81. The summed E-state index contributed by atoms with van der Waals surface area (Å²) >= 11 is 0. The van der Waals surface area contributed by atoms with Crippen LogP contribution in [0.4, 0.5) is 15.1 Å². The van der Waals surface area contributed by atoms with E-state index in [0.717, 1.165) is 40.3 Å². The van der Waals surface area contributed by atoms with E-state index in [-0.39, 0.29) is 18.1 Å². The molecule has 5 aromatic rings. The van der Waals surface area contributed by atoms with Crippen LogP contribution in [0.3, 0.4) is 0 Å². The van der Waals surface area contributed by atoms with Crippen molar-refractivity contribution in [3.63, 3.8) is 0 Å². The van der Waals surface area contributed by atoms with Gasteiger partial charge in [-0.3, -0.25) is 4.98 Å². The summed E-state index contributed by atoms with van der Waals surface area (Å²) in [5.74, 6) is 0.657. The van der Waals surface area contributed by atoms with Gasteiger partial charge in [-0.2, -0.15) is 14.6 Å². The Morgan fingerprint density at radius 1 is 1.21 bits per heavy atom. The standard InChI is InChI=1S/C28H28FN7O2/c1-4-38-28(37)35-23-8-6-5-7-20(23)21-12-19(9-10-24(21)35)32-27-34-25(17-11-18(29)14-30-13-17)33-26-22(16(2)3)15-31-36(26)27/h5-8,11,13-16,19H,4,9-10,12H2,1-3H3,(H,32,33,34)/t19-/m1/s1. The van der Waals surface area contributed by atoms with E-state index in [0.29, 0.717) is 42.4 Å². The van der Waals surface area contributed by atoms with Crippen molar-refractivity contribution >= 4 is 28.6 Å². The van der Waals surface area contributed by atoms with Gasteiger partial charge in [0.15, 0.2) is 11.5 Å². The van der Waals surface area contributed by atoms with Crippen LogP contribution in [-0.2, 0) is 17.6 Å². The van der Waals surface area contributed by atoms with Crippen molar-refractivity contribution in [2.24, 2.45) is 0 Å². The van der Waals surface area contributed by atoms with Gasteiger partial charge in [-0.25, -0.2) is 18.7 Å². The van der Waals surface area contributed by atoms with Gasteiger partial charge < -0.3 is 10.1 Å². The average molecular weight is 514 g/mol. The lowest BCUT2D eigenvalue weighted by Crippen LogP contribution is -2.30. The van der Waals surface area contributed by atoms with Crippen molar-refractivity contribution in [3.8, 4) is 11.4 Å². The van der Waals surface area contributed by atoms with E-state index in [1.165, 1.54) is 6.07 Å². The Morgan fingerprint density at radius 2 is 2.05 bits per heavy atom. The fraction of sp³-hybridized carbons (Fsp3) is 0.321. The molecule has 0 fully saturated rings. The molecule has 0 bridgehead atoms. The molecule has 0 spiro atoms. The molecule has 0 amide bonds. The number of carbonyl (C=O) groups is 1. The number of hydrogen-bond acceptors (Lipinski definition) is 7. The zero-order chi connectivity index (χ0) is 26.4. The summed E-state index contributed by atoms with van der Waals surface area (Å²) in [4.78, 5) is 26.3. The lowest BCUT2D eigenvalue weighted by molar-refractivity contribution is 0.154. The van der Waals surface area contributed by atoms with Crippen molar-refractivity contribution < 1.29 is 13.9 Å². The van der Waals surface area contributed by atoms with Gasteiger partial charge >= 0.3 is 6.09 Å². The predicted octanol–water partition coefficient (Wildman–Crippen LogP) is 5.38. The molecular weight excluding hydrogens is 485 g/mol. The number of para-hydroxylation sites is 1. The van der Waals surface area contributed by atoms with Crippen LogP contribution in [0.1, 0.15) is 49.9 Å². The fourth-order valence-electron chi connectivity index (χ4n) is 5.27. The highest BCUT2D eigenvalue weighted by Crippen LogP contribution is 2.34. The molecule has 1 N–H and O–H groups in total. The summed E-state index contributed by atoms with van der Waals surface area (Å²) in [6.45, 7) is 6.29. The van der Waals surface area contributed by atoms with E-state index >= 15 is 0 Å². The SMILES string of the molecule is CCOC(=O)n1c2c(c3ccccc31)C[C@H](Nc1nc(-c3cncc(F)c3)nc3c(C(C)C)cnn13)CC2. The number of aromatic nitrogens is 6. The summed E-state index contributed by atoms with van der Waals surface area (Å²) in [5, 5.41) is 9.20. The highest BCUT2D eigenvalue weighted by Gasteiger charge is 2.29. The molecule has 0 radical (unpaired) electrons. The van der Waals surface area contributed by atoms with Crippen LogP contribution >= 0.6 is 0 Å². The quantitative estimate of drug-likeness (QED) is 0.337. The molecule has 1 atom stereocenters. The Morgan fingerprint density at radius 3 is 2.84 bits per heavy atom.